The summed E-state index contributed by atoms with van der Waals surface area (Å²) in [7, 11) is 0. The summed E-state index contributed by atoms with van der Waals surface area (Å²) in [5, 5.41) is 2.66. The topological polar surface area (TPSA) is 15.8 Å². The first kappa shape index (κ1) is 11.7. The lowest BCUT2D eigenvalue weighted by atomic mass is 10.1. The van der Waals surface area contributed by atoms with E-state index in [9.17, 15) is 0 Å². The van der Waals surface area contributed by atoms with Gasteiger partial charge in [0.05, 0.1) is 0 Å². The molecule has 0 saturated heterocycles. The number of H-pyrrole nitrogens is 1. The molecule has 0 fully saturated rings. The molecule has 0 spiro atoms. The van der Waals surface area contributed by atoms with E-state index >= 15 is 0 Å². The van der Waals surface area contributed by atoms with E-state index < -0.39 is 0 Å². The fraction of sp³-hybridized carbons (Fsp3) is 0.250. The summed E-state index contributed by atoms with van der Waals surface area (Å²) in [6, 6.07) is 13.1. The van der Waals surface area contributed by atoms with Gasteiger partial charge in [-0.1, -0.05) is 37.1 Å². The van der Waals surface area contributed by atoms with Gasteiger partial charge in [0, 0.05) is 21.8 Å². The van der Waals surface area contributed by atoms with E-state index in [1.54, 1.807) is 0 Å². The van der Waals surface area contributed by atoms with Crippen LogP contribution < -0.4 is 0 Å². The molecular weight excluding hydrogens is 206 g/mol. The third kappa shape index (κ3) is 2.05. The van der Waals surface area contributed by atoms with Gasteiger partial charge in [-0.3, -0.25) is 0 Å². The van der Waals surface area contributed by atoms with E-state index in [0.717, 1.165) is 0 Å². The molecule has 0 aliphatic carbocycles. The van der Waals surface area contributed by atoms with Gasteiger partial charge in [0.1, 0.15) is 0 Å². The first-order valence-electron chi connectivity index (χ1n) is 6.23. The van der Waals surface area contributed by atoms with E-state index in [-0.39, 0.29) is 0 Å². The van der Waals surface area contributed by atoms with Crippen LogP contribution in [0.25, 0.3) is 21.8 Å². The summed E-state index contributed by atoms with van der Waals surface area (Å²) in [5.41, 5.74) is 5.07. The average Bonchev–Trinajstić information content (AvgIpc) is 2.69. The highest BCUT2D eigenvalue weighted by Gasteiger charge is 2.03. The number of hydrogen-bond donors (Lipinski definition) is 1. The molecule has 1 nitrogen and oxygen atoms in total. The number of aryl methyl sites for hydroxylation is 2. The predicted molar refractivity (Wildman–Crippen MR) is 76.6 cm³/mol. The molecular formula is C16H19N. The summed E-state index contributed by atoms with van der Waals surface area (Å²) in [5.74, 6) is 0. The van der Waals surface area contributed by atoms with Crippen molar-refractivity contribution in [1.82, 2.24) is 4.98 Å². The lowest BCUT2D eigenvalue weighted by Gasteiger charge is -1.94. The van der Waals surface area contributed by atoms with Crippen LogP contribution in [0.2, 0.25) is 0 Å². The van der Waals surface area contributed by atoms with Gasteiger partial charge in [-0.05, 0) is 38.1 Å². The second kappa shape index (κ2) is 4.62. The molecule has 1 aromatic heterocycles. The van der Waals surface area contributed by atoms with Gasteiger partial charge in [-0.2, -0.15) is 0 Å². The Morgan fingerprint density at radius 1 is 0.706 bits per heavy atom. The molecule has 88 valence electrons. The van der Waals surface area contributed by atoms with E-state index in [2.05, 4.69) is 55.2 Å². The Kier molecular flexibility index (Phi) is 3.19. The molecule has 2 aromatic carbocycles. The van der Waals surface area contributed by atoms with Gasteiger partial charge in [0.15, 0.2) is 0 Å². The summed E-state index contributed by atoms with van der Waals surface area (Å²) in [6.07, 6.45) is 0. The van der Waals surface area contributed by atoms with Crippen molar-refractivity contribution in [2.45, 2.75) is 27.7 Å². The predicted octanol–water partition coefficient (Wildman–Crippen LogP) is 4.96. The number of fused-ring (bicyclic) bond motifs is 3. The maximum absolute atomic E-state index is 3.43. The fourth-order valence-electron chi connectivity index (χ4n) is 2.12. The summed E-state index contributed by atoms with van der Waals surface area (Å²) in [4.78, 5) is 3.43. The standard InChI is InChI=1S/C14H13N.C2H6/c1-9-3-5-13-11(7-9)12-8-10(2)4-6-14(12)15-13;1-2/h3-8,15H,1-2H3;1-2H3. The van der Waals surface area contributed by atoms with E-state index in [0.29, 0.717) is 0 Å². The molecule has 1 heterocycles. The van der Waals surface area contributed by atoms with E-state index in [4.69, 9.17) is 0 Å². The summed E-state index contributed by atoms with van der Waals surface area (Å²) in [6.45, 7) is 8.27. The molecule has 0 aliphatic rings. The van der Waals surface area contributed by atoms with Gasteiger partial charge in [-0.25, -0.2) is 0 Å². The monoisotopic (exact) mass is 225 g/mol. The third-order valence-corrected chi connectivity index (χ3v) is 2.91. The van der Waals surface area contributed by atoms with Gasteiger partial charge in [0.2, 0.25) is 0 Å². The Hall–Kier alpha value is -1.76. The number of rotatable bonds is 0. The molecule has 3 rings (SSSR count). The highest BCUT2D eigenvalue weighted by molar-refractivity contribution is 6.07. The van der Waals surface area contributed by atoms with E-state index in [1.165, 1.54) is 32.9 Å². The van der Waals surface area contributed by atoms with Gasteiger partial charge in [0.25, 0.3) is 0 Å². The lowest BCUT2D eigenvalue weighted by Crippen LogP contribution is -1.72. The van der Waals surface area contributed by atoms with Crippen molar-refractivity contribution in [2.75, 3.05) is 0 Å². The second-order valence-electron chi connectivity index (χ2n) is 4.22. The zero-order chi connectivity index (χ0) is 12.4. The minimum atomic E-state index is 1.22. The summed E-state index contributed by atoms with van der Waals surface area (Å²) < 4.78 is 0. The first-order valence-corrected chi connectivity index (χ1v) is 6.23. The maximum Gasteiger partial charge on any atom is 0.0465 e. The van der Waals surface area contributed by atoms with Crippen molar-refractivity contribution in [3.63, 3.8) is 0 Å². The highest BCUT2D eigenvalue weighted by Crippen LogP contribution is 2.26. The minimum absolute atomic E-state index is 1.22. The molecule has 1 heteroatoms. The van der Waals surface area contributed by atoms with Crippen molar-refractivity contribution in [3.8, 4) is 0 Å². The molecule has 17 heavy (non-hydrogen) atoms. The molecule has 0 amide bonds. The lowest BCUT2D eigenvalue weighted by molar-refractivity contribution is 1.48. The van der Waals surface area contributed by atoms with Crippen molar-refractivity contribution in [3.05, 3.63) is 47.5 Å². The van der Waals surface area contributed by atoms with Crippen LogP contribution in [0, 0.1) is 13.8 Å². The molecule has 0 aliphatic heterocycles. The number of benzene rings is 2. The smallest absolute Gasteiger partial charge is 0.0465 e. The summed E-state index contributed by atoms with van der Waals surface area (Å²) >= 11 is 0. The van der Waals surface area contributed by atoms with Crippen LogP contribution in [0.3, 0.4) is 0 Å². The molecule has 0 atom stereocenters. The Morgan fingerprint density at radius 2 is 1.12 bits per heavy atom. The van der Waals surface area contributed by atoms with E-state index in [1.807, 2.05) is 13.8 Å². The van der Waals surface area contributed by atoms with Crippen LogP contribution in [0.4, 0.5) is 0 Å². The number of nitrogens with one attached hydrogen (secondary N) is 1. The quantitative estimate of drug-likeness (QED) is 0.556. The van der Waals surface area contributed by atoms with Crippen molar-refractivity contribution >= 4 is 21.8 Å². The van der Waals surface area contributed by atoms with Gasteiger partial charge < -0.3 is 4.98 Å². The van der Waals surface area contributed by atoms with Crippen LogP contribution in [0.1, 0.15) is 25.0 Å². The highest BCUT2D eigenvalue weighted by atomic mass is 14.7. The van der Waals surface area contributed by atoms with Gasteiger partial charge >= 0.3 is 0 Å². The zero-order valence-electron chi connectivity index (χ0n) is 11.0. The second-order valence-corrected chi connectivity index (χ2v) is 4.22. The SMILES string of the molecule is CC.Cc1ccc2[nH]c3ccc(C)cc3c2c1. The van der Waals surface area contributed by atoms with Crippen LogP contribution in [-0.2, 0) is 0 Å². The fourth-order valence-corrected chi connectivity index (χ4v) is 2.12. The number of hydrogen-bond acceptors (Lipinski definition) is 0. The Balaban J connectivity index is 0.000000514. The minimum Gasteiger partial charge on any atom is -0.355 e. The van der Waals surface area contributed by atoms with Crippen molar-refractivity contribution in [1.29, 1.82) is 0 Å². The van der Waals surface area contributed by atoms with Crippen LogP contribution >= 0.6 is 0 Å². The zero-order valence-corrected chi connectivity index (χ0v) is 11.0. The van der Waals surface area contributed by atoms with Crippen LogP contribution in [0.5, 0.6) is 0 Å². The van der Waals surface area contributed by atoms with Crippen molar-refractivity contribution < 1.29 is 0 Å². The Bertz CT molecular complexity index is 591. The molecule has 1 N–H and O–H groups in total. The normalized spacial score (nSPS) is 10.4. The third-order valence-electron chi connectivity index (χ3n) is 2.91. The first-order chi connectivity index (χ1) is 8.24. The molecule has 0 bridgehead atoms. The molecule has 3 aromatic rings. The number of aromatic nitrogens is 1. The Labute approximate surface area is 102 Å². The molecule has 0 saturated carbocycles. The Morgan fingerprint density at radius 3 is 1.53 bits per heavy atom. The van der Waals surface area contributed by atoms with Gasteiger partial charge in [-0.15, -0.1) is 0 Å². The number of aromatic amines is 1. The van der Waals surface area contributed by atoms with Crippen molar-refractivity contribution in [2.24, 2.45) is 0 Å². The maximum atomic E-state index is 3.43. The molecule has 0 radical (unpaired) electrons. The average molecular weight is 225 g/mol. The van der Waals surface area contributed by atoms with Crippen LogP contribution in [0.15, 0.2) is 36.4 Å². The van der Waals surface area contributed by atoms with Crippen LogP contribution in [-0.4, -0.2) is 4.98 Å². The molecule has 0 unspecified atom stereocenters. The largest absolute Gasteiger partial charge is 0.355 e.